The van der Waals surface area contributed by atoms with E-state index in [0.29, 0.717) is 34.5 Å². The number of fused-ring (bicyclic) bond motifs is 1. The molecule has 0 aliphatic carbocycles. The molecule has 0 atom stereocenters. The molecule has 5 aromatic rings. The number of pyridine rings is 1. The van der Waals surface area contributed by atoms with Gasteiger partial charge in [-0.3, -0.25) is 9.78 Å². The monoisotopic (exact) mass is 504 g/mol. The predicted octanol–water partition coefficient (Wildman–Crippen LogP) is 5.84. The fourth-order valence-electron chi connectivity index (χ4n) is 3.89. The molecule has 188 valence electrons. The lowest BCUT2D eigenvalue weighted by Crippen LogP contribution is -2.18. The van der Waals surface area contributed by atoms with Crippen LogP contribution < -0.4 is 20.1 Å². The molecule has 0 saturated heterocycles. The summed E-state index contributed by atoms with van der Waals surface area (Å²) in [5.41, 5.74) is 4.29. The number of hydrogen-bond acceptors (Lipinski definition) is 7. The van der Waals surface area contributed by atoms with Crippen molar-refractivity contribution in [2.45, 2.75) is 6.92 Å². The third kappa shape index (κ3) is 5.10. The molecule has 38 heavy (non-hydrogen) atoms. The largest absolute Gasteiger partial charge is 0.457 e. The standard InChI is InChI=1S/C29H24N6O3/c1-18-4-11-27(38-20-7-5-19(17-30)6-8-20)24(14-18)34-29-33-23-15-21(9-10-26(23)35(29)3)37-22-12-13-32-25(16-22)28(36)31-2/h4-16H,1-3H3,(H,31,36)(H,33,34). The Labute approximate surface area is 219 Å². The van der Waals surface area contributed by atoms with Crippen LogP contribution in [0.15, 0.2) is 79.0 Å². The van der Waals surface area contributed by atoms with Crippen LogP contribution in [0.2, 0.25) is 0 Å². The van der Waals surface area contributed by atoms with Crippen molar-refractivity contribution < 1.29 is 14.3 Å². The molecule has 0 fully saturated rings. The van der Waals surface area contributed by atoms with Gasteiger partial charge < -0.3 is 24.7 Å². The Hall–Kier alpha value is -5.36. The number of aryl methyl sites for hydroxylation is 2. The van der Waals surface area contributed by atoms with Gasteiger partial charge in [-0.05, 0) is 67.1 Å². The first-order chi connectivity index (χ1) is 18.4. The van der Waals surface area contributed by atoms with Gasteiger partial charge in [0.1, 0.15) is 22.9 Å². The van der Waals surface area contributed by atoms with Crippen LogP contribution in [0.4, 0.5) is 11.6 Å². The number of amides is 1. The van der Waals surface area contributed by atoms with Crippen LogP contribution in [0.3, 0.4) is 0 Å². The minimum Gasteiger partial charge on any atom is -0.457 e. The van der Waals surface area contributed by atoms with Gasteiger partial charge in [-0.2, -0.15) is 5.26 Å². The number of imidazole rings is 1. The lowest BCUT2D eigenvalue weighted by Gasteiger charge is -2.14. The highest BCUT2D eigenvalue weighted by molar-refractivity contribution is 5.92. The molecule has 0 aliphatic heterocycles. The third-order valence-corrected chi connectivity index (χ3v) is 5.87. The van der Waals surface area contributed by atoms with Gasteiger partial charge in [0, 0.05) is 32.4 Å². The van der Waals surface area contributed by atoms with Crippen molar-refractivity contribution in [2.24, 2.45) is 7.05 Å². The Morgan fingerprint density at radius 3 is 2.47 bits per heavy atom. The fraction of sp³-hybridized carbons (Fsp3) is 0.103. The van der Waals surface area contributed by atoms with Gasteiger partial charge in [0.05, 0.1) is 28.4 Å². The summed E-state index contributed by atoms with van der Waals surface area (Å²) in [7, 11) is 3.48. The highest BCUT2D eigenvalue weighted by Crippen LogP contribution is 2.34. The van der Waals surface area contributed by atoms with Gasteiger partial charge in [-0.15, -0.1) is 0 Å². The Kier molecular flexibility index (Phi) is 6.61. The van der Waals surface area contributed by atoms with Crippen molar-refractivity contribution in [1.29, 1.82) is 5.26 Å². The predicted molar refractivity (Wildman–Crippen MR) is 144 cm³/mol. The molecule has 9 nitrogen and oxygen atoms in total. The van der Waals surface area contributed by atoms with Crippen molar-refractivity contribution >= 4 is 28.6 Å². The van der Waals surface area contributed by atoms with E-state index in [1.54, 1.807) is 43.4 Å². The van der Waals surface area contributed by atoms with Gasteiger partial charge in [0.2, 0.25) is 5.95 Å². The van der Waals surface area contributed by atoms with Gasteiger partial charge in [0.25, 0.3) is 5.91 Å². The van der Waals surface area contributed by atoms with Crippen molar-refractivity contribution in [3.05, 3.63) is 95.8 Å². The third-order valence-electron chi connectivity index (χ3n) is 5.87. The number of aromatic nitrogens is 3. The zero-order valence-electron chi connectivity index (χ0n) is 21.0. The molecule has 9 heteroatoms. The molecule has 0 radical (unpaired) electrons. The minimum atomic E-state index is -0.287. The summed E-state index contributed by atoms with van der Waals surface area (Å²) in [6, 6.07) is 23.8. The zero-order chi connectivity index (χ0) is 26.6. The molecular weight excluding hydrogens is 480 g/mol. The quantitative estimate of drug-likeness (QED) is 0.286. The molecule has 0 bridgehead atoms. The lowest BCUT2D eigenvalue weighted by molar-refractivity contribution is 0.0958. The van der Waals surface area contributed by atoms with E-state index in [-0.39, 0.29) is 11.6 Å². The van der Waals surface area contributed by atoms with Crippen LogP contribution in [-0.4, -0.2) is 27.5 Å². The first-order valence-corrected chi connectivity index (χ1v) is 11.8. The van der Waals surface area contributed by atoms with Gasteiger partial charge in [-0.1, -0.05) is 6.07 Å². The number of carbonyl (C=O) groups excluding carboxylic acids is 1. The molecule has 2 N–H and O–H groups in total. The molecule has 0 unspecified atom stereocenters. The summed E-state index contributed by atoms with van der Waals surface area (Å²) in [5, 5.41) is 15.0. The molecular formula is C29H24N6O3. The van der Waals surface area contributed by atoms with E-state index < -0.39 is 0 Å². The molecule has 2 heterocycles. The van der Waals surface area contributed by atoms with Crippen LogP contribution in [0, 0.1) is 18.3 Å². The number of benzene rings is 3. The highest BCUT2D eigenvalue weighted by atomic mass is 16.5. The normalized spacial score (nSPS) is 10.6. The molecule has 0 spiro atoms. The number of carbonyl (C=O) groups is 1. The van der Waals surface area contributed by atoms with E-state index in [1.165, 1.54) is 6.20 Å². The summed E-state index contributed by atoms with van der Waals surface area (Å²) in [4.78, 5) is 20.7. The maximum absolute atomic E-state index is 11.9. The summed E-state index contributed by atoms with van der Waals surface area (Å²) in [6.07, 6.45) is 1.53. The first kappa shape index (κ1) is 24.3. The molecule has 3 aromatic carbocycles. The van der Waals surface area contributed by atoms with Crippen LogP contribution in [0.25, 0.3) is 11.0 Å². The molecule has 2 aromatic heterocycles. The Balaban J connectivity index is 1.41. The van der Waals surface area contributed by atoms with Crippen molar-refractivity contribution in [2.75, 3.05) is 12.4 Å². The smallest absolute Gasteiger partial charge is 0.269 e. The van der Waals surface area contributed by atoms with Crippen LogP contribution in [0.5, 0.6) is 23.0 Å². The van der Waals surface area contributed by atoms with Gasteiger partial charge in [0.15, 0.2) is 5.75 Å². The minimum absolute atomic E-state index is 0.271. The maximum Gasteiger partial charge on any atom is 0.269 e. The Morgan fingerprint density at radius 1 is 0.947 bits per heavy atom. The van der Waals surface area contributed by atoms with E-state index in [9.17, 15) is 4.79 Å². The summed E-state index contributed by atoms with van der Waals surface area (Å²) >= 11 is 0. The zero-order valence-corrected chi connectivity index (χ0v) is 21.0. The van der Waals surface area contributed by atoms with Crippen LogP contribution >= 0.6 is 0 Å². The number of ether oxygens (including phenoxy) is 2. The number of nitriles is 1. The number of rotatable bonds is 7. The number of nitrogens with one attached hydrogen (secondary N) is 2. The summed E-state index contributed by atoms with van der Waals surface area (Å²) < 4.78 is 14.0. The summed E-state index contributed by atoms with van der Waals surface area (Å²) in [6.45, 7) is 2.00. The van der Waals surface area contributed by atoms with Crippen LogP contribution in [0.1, 0.15) is 21.6 Å². The van der Waals surface area contributed by atoms with E-state index >= 15 is 0 Å². The SMILES string of the molecule is CNC(=O)c1cc(Oc2ccc3c(c2)nc(Nc2cc(C)ccc2Oc2ccc(C#N)cc2)n3C)ccn1. The fourth-order valence-corrected chi connectivity index (χ4v) is 3.89. The molecule has 0 aliphatic rings. The van der Waals surface area contributed by atoms with E-state index in [1.807, 2.05) is 54.9 Å². The Morgan fingerprint density at radius 2 is 1.71 bits per heavy atom. The Bertz CT molecular complexity index is 1690. The lowest BCUT2D eigenvalue weighted by atomic mass is 10.2. The van der Waals surface area contributed by atoms with E-state index in [0.717, 1.165) is 22.3 Å². The molecule has 1 amide bonds. The van der Waals surface area contributed by atoms with E-state index in [2.05, 4.69) is 21.7 Å². The average Bonchev–Trinajstić information content (AvgIpc) is 3.24. The number of hydrogen-bond donors (Lipinski definition) is 2. The van der Waals surface area contributed by atoms with Gasteiger partial charge in [-0.25, -0.2) is 4.98 Å². The second-order valence-corrected chi connectivity index (χ2v) is 8.57. The number of nitrogens with zero attached hydrogens (tertiary/aromatic N) is 4. The van der Waals surface area contributed by atoms with Crippen molar-refractivity contribution in [3.63, 3.8) is 0 Å². The molecule has 0 saturated carbocycles. The van der Waals surface area contributed by atoms with E-state index in [4.69, 9.17) is 19.7 Å². The second kappa shape index (κ2) is 10.3. The second-order valence-electron chi connectivity index (χ2n) is 8.57. The number of anilines is 2. The first-order valence-electron chi connectivity index (χ1n) is 11.8. The van der Waals surface area contributed by atoms with Crippen molar-refractivity contribution in [1.82, 2.24) is 19.9 Å². The highest BCUT2D eigenvalue weighted by Gasteiger charge is 2.14. The molecule has 5 rings (SSSR count). The average molecular weight is 505 g/mol. The topological polar surface area (TPSA) is 114 Å². The van der Waals surface area contributed by atoms with Gasteiger partial charge >= 0.3 is 0 Å². The maximum atomic E-state index is 11.9. The van der Waals surface area contributed by atoms with Crippen LogP contribution in [-0.2, 0) is 7.05 Å². The van der Waals surface area contributed by atoms with Crippen molar-refractivity contribution in [3.8, 4) is 29.1 Å². The summed E-state index contributed by atoms with van der Waals surface area (Å²) in [5.74, 6) is 2.66.